The Labute approximate surface area is 77.2 Å². The van der Waals surface area contributed by atoms with E-state index in [1.54, 1.807) is 25.3 Å². The molecular formula is C9H13N3O. The van der Waals surface area contributed by atoms with Crippen LogP contribution in [0.25, 0.3) is 0 Å². The van der Waals surface area contributed by atoms with Gasteiger partial charge in [-0.1, -0.05) is 0 Å². The number of aryl methyl sites for hydroxylation is 1. The number of hydrogen-bond acceptors (Lipinski definition) is 3. The van der Waals surface area contributed by atoms with Crippen LogP contribution in [0.5, 0.6) is 0 Å². The van der Waals surface area contributed by atoms with E-state index in [1.807, 2.05) is 6.92 Å². The van der Waals surface area contributed by atoms with Gasteiger partial charge in [-0.25, -0.2) is 0 Å². The number of nitrogens with one attached hydrogen (secondary N) is 1. The monoisotopic (exact) mass is 179 g/mol. The fraction of sp³-hybridized carbons (Fsp3) is 0.333. The lowest BCUT2D eigenvalue weighted by Crippen LogP contribution is -2.32. The summed E-state index contributed by atoms with van der Waals surface area (Å²) in [6.07, 6.45) is 1.68. The number of amides is 1. The number of rotatable bonds is 2. The van der Waals surface area contributed by atoms with Gasteiger partial charge in [0, 0.05) is 6.20 Å². The largest absolute Gasteiger partial charge is 0.323 e. The third-order valence-corrected chi connectivity index (χ3v) is 1.68. The van der Waals surface area contributed by atoms with Gasteiger partial charge < -0.3 is 11.1 Å². The van der Waals surface area contributed by atoms with Crippen molar-refractivity contribution in [2.24, 2.45) is 5.73 Å². The summed E-state index contributed by atoms with van der Waals surface area (Å²) in [5, 5.41) is 2.68. The number of carbonyl (C=O) groups excluding carboxylic acids is 1. The Bertz CT molecular complexity index is 309. The molecule has 13 heavy (non-hydrogen) atoms. The summed E-state index contributed by atoms with van der Waals surface area (Å²) in [6.45, 7) is 3.47. The van der Waals surface area contributed by atoms with Gasteiger partial charge in [-0.15, -0.1) is 0 Å². The molecule has 0 fully saturated rings. The Morgan fingerprint density at radius 3 is 2.92 bits per heavy atom. The first-order valence-electron chi connectivity index (χ1n) is 4.09. The van der Waals surface area contributed by atoms with Crippen LogP contribution in [0.2, 0.25) is 0 Å². The van der Waals surface area contributed by atoms with Gasteiger partial charge in [-0.3, -0.25) is 9.78 Å². The number of nitrogens with two attached hydrogens (primary N) is 1. The number of hydrogen-bond donors (Lipinski definition) is 2. The molecule has 4 nitrogen and oxygen atoms in total. The van der Waals surface area contributed by atoms with Gasteiger partial charge in [-0.2, -0.15) is 0 Å². The predicted octanol–water partition coefficient (Wildman–Crippen LogP) is 0.676. The molecule has 0 aromatic carbocycles. The van der Waals surface area contributed by atoms with Crippen LogP contribution in [0.4, 0.5) is 5.69 Å². The summed E-state index contributed by atoms with van der Waals surface area (Å²) in [7, 11) is 0. The van der Waals surface area contributed by atoms with Crippen molar-refractivity contribution in [3.8, 4) is 0 Å². The van der Waals surface area contributed by atoms with E-state index in [1.165, 1.54) is 0 Å². The number of nitrogens with zero attached hydrogens (tertiary/aromatic N) is 1. The molecule has 0 aliphatic heterocycles. The molecular weight excluding hydrogens is 166 g/mol. The first kappa shape index (κ1) is 9.67. The highest BCUT2D eigenvalue weighted by Crippen LogP contribution is 2.09. The second-order valence-corrected chi connectivity index (χ2v) is 2.91. The van der Waals surface area contributed by atoms with Gasteiger partial charge in [0.1, 0.15) is 0 Å². The van der Waals surface area contributed by atoms with E-state index < -0.39 is 6.04 Å². The Hall–Kier alpha value is -1.42. The predicted molar refractivity (Wildman–Crippen MR) is 51.3 cm³/mol. The van der Waals surface area contributed by atoms with Crippen LogP contribution in [0, 0.1) is 6.92 Å². The molecule has 4 heteroatoms. The second-order valence-electron chi connectivity index (χ2n) is 2.91. The molecule has 3 N–H and O–H groups in total. The van der Waals surface area contributed by atoms with Crippen LogP contribution in [0.3, 0.4) is 0 Å². The Morgan fingerprint density at radius 1 is 1.69 bits per heavy atom. The molecule has 0 radical (unpaired) electrons. The fourth-order valence-electron chi connectivity index (χ4n) is 0.863. The van der Waals surface area contributed by atoms with E-state index >= 15 is 0 Å². The van der Waals surface area contributed by atoms with E-state index in [0.29, 0.717) is 5.69 Å². The van der Waals surface area contributed by atoms with Crippen molar-refractivity contribution < 1.29 is 4.79 Å². The number of pyridine rings is 1. The van der Waals surface area contributed by atoms with Gasteiger partial charge in [0.25, 0.3) is 0 Å². The molecule has 0 spiro atoms. The zero-order chi connectivity index (χ0) is 9.84. The highest BCUT2D eigenvalue weighted by atomic mass is 16.2. The van der Waals surface area contributed by atoms with Crippen molar-refractivity contribution in [2.75, 3.05) is 5.32 Å². The maximum absolute atomic E-state index is 11.2. The average molecular weight is 179 g/mol. The summed E-state index contributed by atoms with van der Waals surface area (Å²) in [5.74, 6) is -0.198. The van der Waals surface area contributed by atoms with Crippen molar-refractivity contribution in [3.63, 3.8) is 0 Å². The smallest absolute Gasteiger partial charge is 0.241 e. The summed E-state index contributed by atoms with van der Waals surface area (Å²) < 4.78 is 0. The standard InChI is InChI=1S/C9H13N3O/c1-6(10)9(13)12-8-4-3-5-11-7(8)2/h3-6H,10H2,1-2H3,(H,12,13)/t6-/m1/s1. The van der Waals surface area contributed by atoms with Crippen LogP contribution in [0.15, 0.2) is 18.3 Å². The molecule has 1 aromatic heterocycles. The third-order valence-electron chi connectivity index (χ3n) is 1.68. The number of anilines is 1. The van der Waals surface area contributed by atoms with Crippen LogP contribution < -0.4 is 11.1 Å². The first-order valence-corrected chi connectivity index (χ1v) is 4.09. The van der Waals surface area contributed by atoms with Crippen LogP contribution in [0.1, 0.15) is 12.6 Å². The molecule has 0 aliphatic rings. The van der Waals surface area contributed by atoms with Crippen LogP contribution in [-0.2, 0) is 4.79 Å². The molecule has 0 bridgehead atoms. The fourth-order valence-corrected chi connectivity index (χ4v) is 0.863. The first-order chi connectivity index (χ1) is 6.11. The number of aromatic nitrogens is 1. The lowest BCUT2D eigenvalue weighted by Gasteiger charge is -2.08. The Kier molecular flexibility index (Phi) is 2.97. The molecule has 0 saturated carbocycles. The molecule has 1 rings (SSSR count). The second kappa shape index (κ2) is 4.00. The van der Waals surface area contributed by atoms with Crippen molar-refractivity contribution in [2.45, 2.75) is 19.9 Å². The third kappa shape index (κ3) is 2.52. The van der Waals surface area contributed by atoms with E-state index in [-0.39, 0.29) is 5.91 Å². The maximum Gasteiger partial charge on any atom is 0.241 e. The minimum absolute atomic E-state index is 0.198. The lowest BCUT2D eigenvalue weighted by atomic mass is 10.3. The SMILES string of the molecule is Cc1ncccc1NC(=O)[C@@H](C)N. The topological polar surface area (TPSA) is 68.0 Å². The quantitative estimate of drug-likeness (QED) is 0.701. The molecule has 1 aromatic rings. The van der Waals surface area contributed by atoms with Gasteiger partial charge in [0.15, 0.2) is 0 Å². The molecule has 0 unspecified atom stereocenters. The van der Waals surface area contributed by atoms with Crippen molar-refractivity contribution in [1.29, 1.82) is 0 Å². The minimum Gasteiger partial charge on any atom is -0.323 e. The van der Waals surface area contributed by atoms with E-state index in [9.17, 15) is 4.79 Å². The summed E-state index contributed by atoms with van der Waals surface area (Å²) in [6, 6.07) is 3.06. The molecule has 1 amide bonds. The maximum atomic E-state index is 11.2. The zero-order valence-corrected chi connectivity index (χ0v) is 7.74. The Morgan fingerprint density at radius 2 is 2.38 bits per heavy atom. The minimum atomic E-state index is -0.500. The van der Waals surface area contributed by atoms with Crippen molar-refractivity contribution in [1.82, 2.24) is 4.98 Å². The number of carbonyl (C=O) groups is 1. The normalized spacial score (nSPS) is 12.2. The molecule has 0 aliphatic carbocycles. The van der Waals surface area contributed by atoms with Gasteiger partial charge in [0.05, 0.1) is 17.4 Å². The van der Waals surface area contributed by atoms with Crippen LogP contribution in [-0.4, -0.2) is 16.9 Å². The van der Waals surface area contributed by atoms with E-state index in [0.717, 1.165) is 5.69 Å². The average Bonchev–Trinajstić information content (AvgIpc) is 2.08. The van der Waals surface area contributed by atoms with Gasteiger partial charge >= 0.3 is 0 Å². The van der Waals surface area contributed by atoms with Gasteiger partial charge in [-0.05, 0) is 26.0 Å². The Balaban J connectivity index is 2.75. The summed E-state index contributed by atoms with van der Waals surface area (Å²) >= 11 is 0. The lowest BCUT2D eigenvalue weighted by molar-refractivity contribution is -0.117. The summed E-state index contributed by atoms with van der Waals surface area (Å²) in [4.78, 5) is 15.2. The molecule has 70 valence electrons. The van der Waals surface area contributed by atoms with Crippen molar-refractivity contribution in [3.05, 3.63) is 24.0 Å². The molecule has 1 heterocycles. The molecule has 0 saturated heterocycles. The summed E-state index contributed by atoms with van der Waals surface area (Å²) in [5.41, 5.74) is 6.90. The van der Waals surface area contributed by atoms with Crippen LogP contribution >= 0.6 is 0 Å². The molecule has 1 atom stereocenters. The highest BCUT2D eigenvalue weighted by Gasteiger charge is 2.08. The highest BCUT2D eigenvalue weighted by molar-refractivity contribution is 5.94. The van der Waals surface area contributed by atoms with Crippen molar-refractivity contribution >= 4 is 11.6 Å². The van der Waals surface area contributed by atoms with E-state index in [4.69, 9.17) is 5.73 Å². The van der Waals surface area contributed by atoms with Gasteiger partial charge in [0.2, 0.25) is 5.91 Å². The zero-order valence-electron chi connectivity index (χ0n) is 7.74. The van der Waals surface area contributed by atoms with E-state index in [2.05, 4.69) is 10.3 Å².